The van der Waals surface area contributed by atoms with Gasteiger partial charge in [-0.3, -0.25) is 4.57 Å². The second-order valence-corrected chi connectivity index (χ2v) is 13.3. The number of benzene rings is 5. The average Bonchev–Trinajstić information content (AvgIpc) is 3.77. The number of pyridine rings is 1. The first kappa shape index (κ1) is 32.9. The third kappa shape index (κ3) is 5.97. The van der Waals surface area contributed by atoms with Crippen LogP contribution < -0.4 is 4.98 Å². The molecule has 7 heteroatoms. The van der Waals surface area contributed by atoms with E-state index in [1.165, 1.54) is 5.56 Å². The van der Waals surface area contributed by atoms with E-state index in [1.807, 2.05) is 72.9 Å². The van der Waals surface area contributed by atoms with Gasteiger partial charge < -0.3 is 10.1 Å². The molecule has 0 bridgehead atoms. The molecule has 0 aliphatic heterocycles. The molecule has 8 aromatic rings. The van der Waals surface area contributed by atoms with Gasteiger partial charge in [0.25, 0.3) is 0 Å². The van der Waals surface area contributed by atoms with Gasteiger partial charge >= 0.3 is 5.97 Å². The van der Waals surface area contributed by atoms with Crippen LogP contribution in [0.15, 0.2) is 140 Å². The molecule has 248 valence electrons. The Labute approximate surface area is 304 Å². The number of hydrogen-bond donors (Lipinski definition) is 1. The first-order chi connectivity index (χ1) is 23.7. The van der Waals surface area contributed by atoms with Crippen molar-refractivity contribution in [2.75, 3.05) is 0 Å². The first-order valence-electron chi connectivity index (χ1n) is 16.3. The molecular formula is C43H33N4O2Pt-. The van der Waals surface area contributed by atoms with Gasteiger partial charge in [0.2, 0.25) is 0 Å². The zero-order chi connectivity index (χ0) is 33.7. The summed E-state index contributed by atoms with van der Waals surface area (Å²) in [6.07, 6.45) is 1.85. The molecule has 50 heavy (non-hydrogen) atoms. The van der Waals surface area contributed by atoms with Gasteiger partial charge in [-0.1, -0.05) is 118 Å². The number of hydrogen-bond acceptors (Lipinski definition) is 3. The summed E-state index contributed by atoms with van der Waals surface area (Å²) in [5.74, 6) is -0.334. The standard InChI is InChI=1S/C43H34N4O2.Pt/c1-43(2,3)32-22-30-20-21-44-39(30)35(26-32)41-46-40-34(36-24-31(25-37(45-36)42(48)49)28-14-8-5-9-15-28)18-11-19-38(40)47(41)33-17-10-16-29(23-33)27-12-6-4-7-13-27;/h4-26H,1-3H3,(H2,44,45,46,48,49);/p-1. The van der Waals surface area contributed by atoms with Crippen LogP contribution in [0.3, 0.4) is 0 Å². The zero-order valence-electron chi connectivity index (χ0n) is 27.7. The minimum atomic E-state index is -1.08. The van der Waals surface area contributed by atoms with Gasteiger partial charge in [-0.2, -0.15) is 6.20 Å². The molecule has 8 rings (SSSR count). The van der Waals surface area contributed by atoms with Crippen LogP contribution in [0.25, 0.3) is 72.5 Å². The monoisotopic (exact) mass is 832 g/mol. The number of imidazole rings is 1. The average molecular weight is 833 g/mol. The molecule has 0 fully saturated rings. The quantitative estimate of drug-likeness (QED) is 0.181. The van der Waals surface area contributed by atoms with Gasteiger partial charge in [-0.15, -0.1) is 5.52 Å². The minimum absolute atomic E-state index is 0. The number of aromatic nitrogens is 4. The molecule has 5 aromatic carbocycles. The van der Waals surface area contributed by atoms with E-state index >= 15 is 0 Å². The zero-order valence-corrected chi connectivity index (χ0v) is 30.0. The molecule has 3 heterocycles. The normalized spacial score (nSPS) is 11.5. The fourth-order valence-corrected chi connectivity index (χ4v) is 6.50. The molecule has 0 saturated heterocycles. The van der Waals surface area contributed by atoms with E-state index in [1.54, 1.807) is 6.07 Å². The van der Waals surface area contributed by atoms with Crippen molar-refractivity contribution in [3.05, 3.63) is 151 Å². The molecule has 0 saturated carbocycles. The predicted molar refractivity (Wildman–Crippen MR) is 197 cm³/mol. The van der Waals surface area contributed by atoms with Crippen LogP contribution >= 0.6 is 0 Å². The van der Waals surface area contributed by atoms with E-state index in [2.05, 4.69) is 91.0 Å². The summed E-state index contributed by atoms with van der Waals surface area (Å²) < 4.78 is 2.19. The van der Waals surface area contributed by atoms with Crippen LogP contribution in [0.5, 0.6) is 0 Å². The third-order valence-corrected chi connectivity index (χ3v) is 9.03. The smallest absolute Gasteiger partial charge is 0.354 e. The van der Waals surface area contributed by atoms with Crippen LogP contribution in [0.2, 0.25) is 0 Å². The molecule has 0 aliphatic carbocycles. The maximum absolute atomic E-state index is 12.3. The third-order valence-electron chi connectivity index (χ3n) is 9.03. The van der Waals surface area contributed by atoms with Gasteiger partial charge in [-0.05, 0) is 75.0 Å². The fraction of sp³-hybridized carbons (Fsp3) is 0.0930. The Morgan fingerprint density at radius 2 is 1.36 bits per heavy atom. The topological polar surface area (TPSA) is 82.1 Å². The summed E-state index contributed by atoms with van der Waals surface area (Å²) in [5.41, 5.74) is 10.6. The maximum atomic E-state index is 12.3. The molecule has 0 atom stereocenters. The Bertz CT molecular complexity index is 2510. The number of nitrogens with zero attached hydrogens (tertiary/aromatic N) is 4. The van der Waals surface area contributed by atoms with Crippen molar-refractivity contribution in [2.45, 2.75) is 26.2 Å². The van der Waals surface area contributed by atoms with E-state index in [4.69, 9.17) is 9.97 Å². The summed E-state index contributed by atoms with van der Waals surface area (Å²) in [7, 11) is 0. The molecule has 6 nitrogen and oxygen atoms in total. The van der Waals surface area contributed by atoms with Crippen molar-refractivity contribution >= 4 is 27.9 Å². The SMILES string of the molecule is CC(C)(C)c1cc(-c2nc3c(-c4cc(-c5ccccc5)cc(C(=O)O)n4)cccc3n2-c2cccc(-c3ccccc3)c2)c2[n-]ccc2c1.[Pt]. The largest absolute Gasteiger partial charge is 0.663 e. The summed E-state index contributed by atoms with van der Waals surface area (Å²) in [6.45, 7) is 6.64. The Kier molecular flexibility index (Phi) is 8.59. The number of aromatic carboxylic acids is 1. The summed E-state index contributed by atoms with van der Waals surface area (Å²) >= 11 is 0. The Morgan fingerprint density at radius 1 is 0.680 bits per heavy atom. The second-order valence-electron chi connectivity index (χ2n) is 13.3. The van der Waals surface area contributed by atoms with Crippen molar-refractivity contribution in [1.82, 2.24) is 19.5 Å². The molecule has 3 aromatic heterocycles. The van der Waals surface area contributed by atoms with Crippen LogP contribution in [0.1, 0.15) is 36.8 Å². The van der Waals surface area contributed by atoms with Crippen LogP contribution in [0.4, 0.5) is 0 Å². The van der Waals surface area contributed by atoms with Crippen LogP contribution in [-0.4, -0.2) is 25.6 Å². The molecule has 1 N–H and O–H groups in total. The van der Waals surface area contributed by atoms with E-state index in [0.29, 0.717) is 5.69 Å². The van der Waals surface area contributed by atoms with Crippen molar-refractivity contribution in [1.29, 1.82) is 0 Å². The molecule has 0 spiro atoms. The van der Waals surface area contributed by atoms with E-state index < -0.39 is 5.97 Å². The Morgan fingerprint density at radius 3 is 2.06 bits per heavy atom. The minimum Gasteiger partial charge on any atom is -0.663 e. The maximum Gasteiger partial charge on any atom is 0.354 e. The molecular weight excluding hydrogens is 800 g/mol. The van der Waals surface area contributed by atoms with Crippen LogP contribution in [-0.2, 0) is 26.5 Å². The summed E-state index contributed by atoms with van der Waals surface area (Å²) in [5, 5.41) is 11.1. The summed E-state index contributed by atoms with van der Waals surface area (Å²) in [4.78, 5) is 27.2. The number of carboxylic acid groups (broad SMARTS) is 1. The van der Waals surface area contributed by atoms with Crippen molar-refractivity contribution in [3.63, 3.8) is 0 Å². The number of para-hydroxylation sites is 1. The Hall–Kier alpha value is -5.58. The first-order valence-corrected chi connectivity index (χ1v) is 16.3. The van der Waals surface area contributed by atoms with Gasteiger partial charge in [0, 0.05) is 37.9 Å². The number of carbonyl (C=O) groups is 1. The van der Waals surface area contributed by atoms with Gasteiger partial charge in [0.05, 0.1) is 16.7 Å². The van der Waals surface area contributed by atoms with Crippen molar-refractivity contribution in [3.8, 4) is 50.6 Å². The van der Waals surface area contributed by atoms with Gasteiger partial charge in [0.15, 0.2) is 0 Å². The van der Waals surface area contributed by atoms with Crippen molar-refractivity contribution < 1.29 is 31.0 Å². The Balaban J connectivity index is 0.00000392. The predicted octanol–water partition coefficient (Wildman–Crippen LogP) is 10.2. The number of rotatable bonds is 6. The van der Waals surface area contributed by atoms with Gasteiger partial charge in [-0.25, -0.2) is 14.8 Å². The molecule has 0 aliphatic rings. The number of fused-ring (bicyclic) bond motifs is 2. The summed E-state index contributed by atoms with van der Waals surface area (Å²) in [6, 6.07) is 44.6. The second kappa shape index (κ2) is 13.0. The molecule has 0 radical (unpaired) electrons. The van der Waals surface area contributed by atoms with E-state index in [-0.39, 0.29) is 32.2 Å². The molecule has 0 amide bonds. The van der Waals surface area contributed by atoms with Crippen LogP contribution in [0, 0.1) is 0 Å². The fourth-order valence-electron chi connectivity index (χ4n) is 6.50. The van der Waals surface area contributed by atoms with Gasteiger partial charge in [0.1, 0.15) is 11.5 Å². The molecule has 0 unspecified atom stereocenters. The number of carboxylic acids is 1. The van der Waals surface area contributed by atoms with E-state index in [0.717, 1.165) is 66.8 Å². The van der Waals surface area contributed by atoms with Crippen molar-refractivity contribution in [2.24, 2.45) is 0 Å². The van der Waals surface area contributed by atoms with E-state index in [9.17, 15) is 9.90 Å².